The number of hydrogen-bond donors (Lipinski definition) is 1. The molecule has 1 aromatic rings. The molecule has 0 radical (unpaired) electrons. The average molecular weight is 286 g/mol. The van der Waals surface area contributed by atoms with Crippen molar-refractivity contribution in [3.8, 4) is 11.8 Å². The van der Waals surface area contributed by atoms with Gasteiger partial charge in [-0.15, -0.1) is 0 Å². The molecule has 1 aromatic carbocycles. The van der Waals surface area contributed by atoms with E-state index in [0.29, 0.717) is 12.2 Å². The van der Waals surface area contributed by atoms with E-state index >= 15 is 0 Å². The van der Waals surface area contributed by atoms with Crippen molar-refractivity contribution < 1.29 is 19.5 Å². The summed E-state index contributed by atoms with van der Waals surface area (Å²) in [7, 11) is 0. The van der Waals surface area contributed by atoms with Crippen molar-refractivity contribution in [1.29, 1.82) is 5.26 Å². The van der Waals surface area contributed by atoms with Crippen LogP contribution in [0.15, 0.2) is 29.8 Å². The van der Waals surface area contributed by atoms with Gasteiger partial charge in [0.25, 0.3) is 0 Å². The Bertz CT molecular complexity index is 552. The van der Waals surface area contributed by atoms with Gasteiger partial charge < -0.3 is 19.5 Å². The average Bonchev–Trinajstić information content (AvgIpc) is 2.99. The first-order valence-electron chi connectivity index (χ1n) is 7.08. The molecule has 0 saturated carbocycles. The van der Waals surface area contributed by atoms with Gasteiger partial charge in [0.2, 0.25) is 0 Å². The van der Waals surface area contributed by atoms with Crippen LogP contribution in [0, 0.1) is 11.3 Å². The molecule has 110 valence electrons. The molecule has 5 heteroatoms. The maximum atomic E-state index is 10.6. The minimum Gasteiger partial charge on any atom is -0.544 e. The van der Waals surface area contributed by atoms with Crippen molar-refractivity contribution in [2.45, 2.75) is 12.8 Å². The van der Waals surface area contributed by atoms with Crippen LogP contribution in [0.4, 0.5) is 0 Å². The van der Waals surface area contributed by atoms with Crippen molar-refractivity contribution in [1.82, 2.24) is 0 Å². The van der Waals surface area contributed by atoms with E-state index in [0.717, 1.165) is 12.3 Å². The van der Waals surface area contributed by atoms with Crippen molar-refractivity contribution in [3.05, 3.63) is 35.4 Å². The molecule has 1 fully saturated rings. The molecule has 0 spiro atoms. The second-order valence-corrected chi connectivity index (χ2v) is 5.08. The lowest BCUT2D eigenvalue weighted by molar-refractivity contribution is -0.887. The lowest BCUT2D eigenvalue weighted by Crippen LogP contribution is -3.10. The highest BCUT2D eigenvalue weighted by Crippen LogP contribution is 2.14. The highest BCUT2D eigenvalue weighted by atomic mass is 16.5. The van der Waals surface area contributed by atoms with E-state index in [4.69, 9.17) is 10.00 Å². The molecule has 21 heavy (non-hydrogen) atoms. The topological polar surface area (TPSA) is 77.6 Å². The van der Waals surface area contributed by atoms with E-state index < -0.39 is 5.97 Å². The van der Waals surface area contributed by atoms with E-state index in [1.165, 1.54) is 32.0 Å². The van der Waals surface area contributed by atoms with Gasteiger partial charge in [-0.3, -0.25) is 0 Å². The van der Waals surface area contributed by atoms with Crippen molar-refractivity contribution >= 4 is 12.0 Å². The minimum absolute atomic E-state index is 0.388. The molecule has 1 heterocycles. The number of nitriles is 1. The van der Waals surface area contributed by atoms with Gasteiger partial charge in [-0.25, -0.2) is 0 Å². The van der Waals surface area contributed by atoms with Crippen LogP contribution in [0.25, 0.3) is 6.08 Å². The Morgan fingerprint density at radius 3 is 2.57 bits per heavy atom. The number of rotatable bonds is 6. The lowest BCUT2D eigenvalue weighted by atomic mass is 10.1. The van der Waals surface area contributed by atoms with Crippen LogP contribution in [-0.4, -0.2) is 32.2 Å². The van der Waals surface area contributed by atoms with Crippen LogP contribution in [0.3, 0.4) is 0 Å². The standard InChI is InChI=1S/C16H18N2O3/c17-12-14(16(19)20)11-13-3-5-15(6-4-13)21-10-9-18-7-1-2-8-18/h3-6,11H,1-2,7-10H2,(H,19,20)/b14-11+. The molecular weight excluding hydrogens is 268 g/mol. The number of aliphatic carboxylic acids is 1. The summed E-state index contributed by atoms with van der Waals surface area (Å²) in [5.74, 6) is -0.718. The Hall–Kier alpha value is -2.32. The van der Waals surface area contributed by atoms with Gasteiger partial charge in [0, 0.05) is 12.8 Å². The second kappa shape index (κ2) is 7.46. The number of carbonyl (C=O) groups is 1. The fourth-order valence-corrected chi connectivity index (χ4v) is 2.40. The van der Waals surface area contributed by atoms with E-state index in [1.807, 2.05) is 0 Å². The zero-order valence-corrected chi connectivity index (χ0v) is 11.8. The van der Waals surface area contributed by atoms with Crippen LogP contribution in [0.1, 0.15) is 18.4 Å². The monoisotopic (exact) mass is 286 g/mol. The van der Waals surface area contributed by atoms with Gasteiger partial charge in [0.05, 0.1) is 24.6 Å². The number of ether oxygens (including phenoxy) is 1. The molecule has 0 aliphatic carbocycles. The zero-order chi connectivity index (χ0) is 15.1. The predicted molar refractivity (Wildman–Crippen MR) is 75.3 cm³/mol. The molecule has 0 atom stereocenters. The van der Waals surface area contributed by atoms with Gasteiger partial charge in [-0.1, -0.05) is 12.1 Å². The first kappa shape index (κ1) is 15.1. The number of nitrogens with zero attached hydrogens (tertiary/aromatic N) is 1. The molecule has 2 rings (SSSR count). The summed E-state index contributed by atoms with van der Waals surface area (Å²) in [6.07, 6.45) is 3.89. The van der Waals surface area contributed by atoms with Crippen LogP contribution in [0.2, 0.25) is 0 Å². The fourth-order valence-electron chi connectivity index (χ4n) is 2.40. The smallest absolute Gasteiger partial charge is 0.137 e. The molecule has 0 unspecified atom stereocenters. The molecule has 0 amide bonds. The highest BCUT2D eigenvalue weighted by Gasteiger charge is 2.14. The van der Waals surface area contributed by atoms with Gasteiger partial charge in [0.15, 0.2) is 0 Å². The number of benzene rings is 1. The number of quaternary nitrogens is 1. The van der Waals surface area contributed by atoms with Crippen molar-refractivity contribution in [2.75, 3.05) is 26.2 Å². The zero-order valence-electron chi connectivity index (χ0n) is 11.8. The highest BCUT2D eigenvalue weighted by molar-refractivity contribution is 5.95. The summed E-state index contributed by atoms with van der Waals surface area (Å²) >= 11 is 0. The van der Waals surface area contributed by atoms with E-state index in [9.17, 15) is 9.90 Å². The lowest BCUT2D eigenvalue weighted by Gasteiger charge is -2.12. The molecular formula is C16H18N2O3. The number of nitrogens with one attached hydrogen (secondary N) is 1. The number of likely N-dealkylation sites (tertiary alicyclic amines) is 1. The summed E-state index contributed by atoms with van der Waals surface area (Å²) in [5.41, 5.74) is 0.245. The number of carbonyl (C=O) groups excluding carboxylic acids is 1. The number of hydrogen-bond acceptors (Lipinski definition) is 4. The first-order valence-corrected chi connectivity index (χ1v) is 7.08. The Kier molecular flexibility index (Phi) is 5.35. The molecule has 1 aliphatic heterocycles. The predicted octanol–water partition coefficient (Wildman–Crippen LogP) is -0.599. The summed E-state index contributed by atoms with van der Waals surface area (Å²) in [5, 5.41) is 19.3. The molecule has 5 nitrogen and oxygen atoms in total. The van der Waals surface area contributed by atoms with E-state index in [1.54, 1.807) is 35.2 Å². The van der Waals surface area contributed by atoms with Crippen molar-refractivity contribution in [2.24, 2.45) is 0 Å². The van der Waals surface area contributed by atoms with Crippen LogP contribution in [0.5, 0.6) is 5.75 Å². The van der Waals surface area contributed by atoms with Gasteiger partial charge in [-0.2, -0.15) is 5.26 Å². The third kappa shape index (κ3) is 4.62. The van der Waals surface area contributed by atoms with Crippen LogP contribution < -0.4 is 14.7 Å². The fraction of sp³-hybridized carbons (Fsp3) is 0.375. The van der Waals surface area contributed by atoms with Crippen LogP contribution >= 0.6 is 0 Å². The largest absolute Gasteiger partial charge is 0.544 e. The molecule has 0 aromatic heterocycles. The third-order valence-electron chi connectivity index (χ3n) is 3.57. The van der Waals surface area contributed by atoms with E-state index in [-0.39, 0.29) is 5.57 Å². The maximum absolute atomic E-state index is 10.6. The van der Waals surface area contributed by atoms with Crippen molar-refractivity contribution in [3.63, 3.8) is 0 Å². The second-order valence-electron chi connectivity index (χ2n) is 5.08. The Balaban J connectivity index is 1.86. The first-order chi connectivity index (χ1) is 10.2. The minimum atomic E-state index is -1.47. The SMILES string of the molecule is N#C/C(=C\c1ccc(OCC[NH+]2CCCC2)cc1)C(=O)[O-]. The molecule has 1 saturated heterocycles. The Morgan fingerprint density at radius 1 is 1.33 bits per heavy atom. The summed E-state index contributed by atoms with van der Waals surface area (Å²) in [4.78, 5) is 12.2. The normalized spacial score (nSPS) is 15.7. The van der Waals surface area contributed by atoms with Crippen LogP contribution in [-0.2, 0) is 4.79 Å². The third-order valence-corrected chi connectivity index (χ3v) is 3.57. The summed E-state index contributed by atoms with van der Waals surface area (Å²) in [6, 6.07) is 8.58. The quantitative estimate of drug-likeness (QED) is 0.559. The number of carboxylic acids is 1. The molecule has 1 aliphatic rings. The Morgan fingerprint density at radius 2 is 2.00 bits per heavy atom. The molecule has 1 N–H and O–H groups in total. The van der Waals surface area contributed by atoms with Gasteiger partial charge >= 0.3 is 0 Å². The Labute approximate surface area is 124 Å². The van der Waals surface area contributed by atoms with Gasteiger partial charge in [-0.05, 0) is 23.8 Å². The maximum Gasteiger partial charge on any atom is 0.137 e. The summed E-state index contributed by atoms with van der Waals surface area (Å²) < 4.78 is 5.67. The summed E-state index contributed by atoms with van der Waals surface area (Å²) in [6.45, 7) is 4.14. The van der Waals surface area contributed by atoms with E-state index in [2.05, 4.69) is 0 Å². The molecule has 0 bridgehead atoms. The van der Waals surface area contributed by atoms with Gasteiger partial charge in [0.1, 0.15) is 25.0 Å². The number of carboxylic acid groups (broad SMARTS) is 1.